The highest BCUT2D eigenvalue weighted by Gasteiger charge is 2.45. The van der Waals surface area contributed by atoms with Gasteiger partial charge in [-0.25, -0.2) is 9.59 Å². The predicted molar refractivity (Wildman–Crippen MR) is 108 cm³/mol. The molecule has 7 heteroatoms. The number of hydrogen-bond donors (Lipinski definition) is 0. The molecule has 0 amide bonds. The average Bonchev–Trinajstić information content (AvgIpc) is 3.18. The van der Waals surface area contributed by atoms with Gasteiger partial charge in [0.1, 0.15) is 24.6 Å². The van der Waals surface area contributed by atoms with E-state index in [1.807, 2.05) is 13.0 Å². The number of rotatable bonds is 4. The van der Waals surface area contributed by atoms with Gasteiger partial charge in [0.25, 0.3) is 0 Å². The predicted octanol–water partition coefficient (Wildman–Crippen LogP) is 2.96. The standard InChI is InChI=1S/C23H28O7/c1-13-7-6-8-16(11-24)10-18-20(15(3)22(26)29-18)17(9-13)28-21(25)14(2)19-12-27-23(4,5)30-19/h7,10-11,17-20H,2-3,6,8-9,12H2,1,4-5H3/b13-7-,16-10+/t17-,18+,19-,20+/m0/s1. The van der Waals surface area contributed by atoms with Crippen molar-refractivity contribution in [2.24, 2.45) is 5.92 Å². The van der Waals surface area contributed by atoms with Gasteiger partial charge in [-0.2, -0.15) is 0 Å². The fourth-order valence-corrected chi connectivity index (χ4v) is 3.90. The summed E-state index contributed by atoms with van der Waals surface area (Å²) in [6.45, 7) is 13.3. The van der Waals surface area contributed by atoms with Crippen LogP contribution in [0.25, 0.3) is 0 Å². The minimum atomic E-state index is -0.801. The van der Waals surface area contributed by atoms with Gasteiger partial charge in [0.2, 0.25) is 0 Å². The van der Waals surface area contributed by atoms with Crippen molar-refractivity contribution in [1.29, 1.82) is 0 Å². The molecule has 0 spiro atoms. The lowest BCUT2D eigenvalue weighted by molar-refractivity contribution is -0.151. The van der Waals surface area contributed by atoms with Crippen molar-refractivity contribution < 1.29 is 33.3 Å². The number of aldehydes is 1. The second kappa shape index (κ2) is 8.70. The highest BCUT2D eigenvalue weighted by molar-refractivity contribution is 5.92. The molecule has 0 aromatic heterocycles. The summed E-state index contributed by atoms with van der Waals surface area (Å²) in [6, 6.07) is 0. The molecule has 1 aliphatic carbocycles. The smallest absolute Gasteiger partial charge is 0.336 e. The Morgan fingerprint density at radius 2 is 2.10 bits per heavy atom. The summed E-state index contributed by atoms with van der Waals surface area (Å²) in [7, 11) is 0. The Balaban J connectivity index is 1.85. The van der Waals surface area contributed by atoms with E-state index in [2.05, 4.69) is 13.2 Å². The molecule has 2 aliphatic heterocycles. The molecule has 2 fully saturated rings. The molecular weight excluding hydrogens is 388 g/mol. The number of esters is 2. The fourth-order valence-electron chi connectivity index (χ4n) is 3.90. The summed E-state index contributed by atoms with van der Waals surface area (Å²) in [4.78, 5) is 36.5. The molecule has 0 unspecified atom stereocenters. The number of allylic oxidation sites excluding steroid dienone is 2. The zero-order valence-electron chi connectivity index (χ0n) is 17.6. The Morgan fingerprint density at radius 3 is 2.73 bits per heavy atom. The van der Waals surface area contributed by atoms with E-state index in [1.54, 1.807) is 19.9 Å². The van der Waals surface area contributed by atoms with Crippen molar-refractivity contribution in [2.75, 3.05) is 6.61 Å². The summed E-state index contributed by atoms with van der Waals surface area (Å²) in [5.74, 6) is -2.57. The number of carbonyl (C=O) groups excluding carboxylic acids is 3. The molecule has 4 atom stereocenters. The molecule has 3 rings (SSSR count). The molecule has 2 heterocycles. The molecule has 0 N–H and O–H groups in total. The van der Waals surface area contributed by atoms with E-state index in [0.717, 1.165) is 11.9 Å². The number of hydrogen-bond acceptors (Lipinski definition) is 7. The lowest BCUT2D eigenvalue weighted by Gasteiger charge is -2.28. The van der Waals surface area contributed by atoms with Crippen LogP contribution in [0.3, 0.4) is 0 Å². The Labute approximate surface area is 176 Å². The first-order valence-corrected chi connectivity index (χ1v) is 10.0. The molecule has 0 aromatic carbocycles. The van der Waals surface area contributed by atoms with Gasteiger partial charge < -0.3 is 18.9 Å². The quantitative estimate of drug-likeness (QED) is 0.301. The van der Waals surface area contributed by atoms with E-state index in [4.69, 9.17) is 18.9 Å². The molecule has 30 heavy (non-hydrogen) atoms. The van der Waals surface area contributed by atoms with E-state index < -0.39 is 42.0 Å². The van der Waals surface area contributed by atoms with Gasteiger partial charge in [-0.15, -0.1) is 0 Å². The second-order valence-electron chi connectivity index (χ2n) is 8.36. The number of fused-ring (bicyclic) bond motifs is 1. The maximum Gasteiger partial charge on any atom is 0.336 e. The van der Waals surface area contributed by atoms with Gasteiger partial charge in [-0.05, 0) is 45.3 Å². The second-order valence-corrected chi connectivity index (χ2v) is 8.36. The van der Waals surface area contributed by atoms with Crippen LogP contribution in [0.2, 0.25) is 0 Å². The Morgan fingerprint density at radius 1 is 1.37 bits per heavy atom. The van der Waals surface area contributed by atoms with Crippen LogP contribution in [0.5, 0.6) is 0 Å². The maximum absolute atomic E-state index is 12.9. The van der Waals surface area contributed by atoms with Gasteiger partial charge in [-0.3, -0.25) is 4.79 Å². The highest BCUT2D eigenvalue weighted by Crippen LogP contribution is 2.37. The zero-order valence-corrected chi connectivity index (χ0v) is 17.6. The van der Waals surface area contributed by atoms with Gasteiger partial charge in [0.15, 0.2) is 5.79 Å². The van der Waals surface area contributed by atoms with E-state index >= 15 is 0 Å². The zero-order chi connectivity index (χ0) is 22.1. The largest absolute Gasteiger partial charge is 0.458 e. The van der Waals surface area contributed by atoms with Crippen LogP contribution in [0.15, 0.2) is 47.6 Å². The minimum absolute atomic E-state index is 0.149. The Kier molecular flexibility index (Phi) is 6.43. The Bertz CT molecular complexity index is 832. The van der Waals surface area contributed by atoms with Gasteiger partial charge in [-0.1, -0.05) is 24.8 Å². The van der Waals surface area contributed by atoms with Gasteiger partial charge in [0, 0.05) is 12.0 Å². The lowest BCUT2D eigenvalue weighted by Crippen LogP contribution is -2.35. The third-order valence-electron chi connectivity index (χ3n) is 5.56. The van der Waals surface area contributed by atoms with Crippen LogP contribution in [-0.4, -0.2) is 48.9 Å². The van der Waals surface area contributed by atoms with Crippen molar-refractivity contribution in [3.05, 3.63) is 47.6 Å². The lowest BCUT2D eigenvalue weighted by atomic mass is 9.85. The van der Waals surface area contributed by atoms with Crippen molar-refractivity contribution in [3.63, 3.8) is 0 Å². The SMILES string of the molecule is C=C1C(=O)O[C@@H]2/C=C(/C=O)CC/C=C(/C)C[C@H](OC(=O)C(=C)[C@@H]3COC(C)(C)O3)[C@@H]12. The monoisotopic (exact) mass is 416 g/mol. The molecule has 0 aromatic rings. The van der Waals surface area contributed by atoms with Crippen LogP contribution in [0.1, 0.15) is 40.0 Å². The first-order valence-electron chi connectivity index (χ1n) is 10.0. The molecule has 0 bridgehead atoms. The van der Waals surface area contributed by atoms with Crippen LogP contribution in [-0.2, 0) is 33.3 Å². The Hall–Kier alpha value is -2.51. The maximum atomic E-state index is 12.9. The summed E-state index contributed by atoms with van der Waals surface area (Å²) < 4.78 is 22.4. The normalized spacial score (nSPS) is 34.6. The third-order valence-corrected chi connectivity index (χ3v) is 5.56. The molecule has 162 valence electrons. The average molecular weight is 416 g/mol. The molecular formula is C23H28O7. The first kappa shape index (κ1) is 22.2. The molecule has 2 saturated heterocycles. The number of carbonyl (C=O) groups is 3. The summed E-state index contributed by atoms with van der Waals surface area (Å²) >= 11 is 0. The van der Waals surface area contributed by atoms with E-state index in [0.29, 0.717) is 24.8 Å². The van der Waals surface area contributed by atoms with Crippen LogP contribution < -0.4 is 0 Å². The van der Waals surface area contributed by atoms with E-state index in [9.17, 15) is 14.4 Å². The fraction of sp³-hybridized carbons (Fsp3) is 0.522. The first-order chi connectivity index (χ1) is 14.1. The van der Waals surface area contributed by atoms with Crippen molar-refractivity contribution in [1.82, 2.24) is 0 Å². The summed E-state index contributed by atoms with van der Waals surface area (Å²) in [5, 5.41) is 0. The molecule has 7 nitrogen and oxygen atoms in total. The molecule has 0 radical (unpaired) electrons. The van der Waals surface area contributed by atoms with E-state index in [1.165, 1.54) is 0 Å². The van der Waals surface area contributed by atoms with Crippen molar-refractivity contribution in [3.8, 4) is 0 Å². The van der Waals surface area contributed by atoms with Crippen molar-refractivity contribution in [2.45, 2.75) is 64.1 Å². The molecule has 0 saturated carbocycles. The topological polar surface area (TPSA) is 88.1 Å². The summed E-state index contributed by atoms with van der Waals surface area (Å²) in [5.41, 5.74) is 1.89. The van der Waals surface area contributed by atoms with Crippen molar-refractivity contribution >= 4 is 18.2 Å². The highest BCUT2D eigenvalue weighted by atomic mass is 16.7. The van der Waals surface area contributed by atoms with Crippen LogP contribution in [0.4, 0.5) is 0 Å². The van der Waals surface area contributed by atoms with E-state index in [-0.39, 0.29) is 17.8 Å². The van der Waals surface area contributed by atoms with Gasteiger partial charge >= 0.3 is 11.9 Å². The van der Waals surface area contributed by atoms with Crippen LogP contribution >= 0.6 is 0 Å². The number of ether oxygens (including phenoxy) is 4. The summed E-state index contributed by atoms with van der Waals surface area (Å²) in [6.07, 6.45) is 4.00. The molecule has 3 aliphatic rings. The minimum Gasteiger partial charge on any atom is -0.458 e. The third kappa shape index (κ3) is 4.79. The van der Waals surface area contributed by atoms with Crippen LogP contribution in [0, 0.1) is 5.92 Å². The van der Waals surface area contributed by atoms with Gasteiger partial charge in [0.05, 0.1) is 18.1 Å².